The number of rotatable bonds is 6. The second-order valence-corrected chi connectivity index (χ2v) is 7.25. The molecular formula is C19H17F6O2P. The molecule has 28 heavy (non-hydrogen) atoms. The third kappa shape index (κ3) is 5.25. The van der Waals surface area contributed by atoms with Crippen LogP contribution < -0.4 is 10.0 Å². The average Bonchev–Trinajstić information content (AvgIpc) is 2.59. The number of hydrogen-bond donors (Lipinski definition) is 0. The van der Waals surface area contributed by atoms with Gasteiger partial charge in [0.1, 0.15) is 5.75 Å². The van der Waals surface area contributed by atoms with Gasteiger partial charge in [-0.2, -0.15) is 26.3 Å². The van der Waals surface area contributed by atoms with Gasteiger partial charge in [0.2, 0.25) is 0 Å². The summed E-state index contributed by atoms with van der Waals surface area (Å²) in [4.78, 5) is 12.5. The highest BCUT2D eigenvalue weighted by Crippen LogP contribution is 2.41. The van der Waals surface area contributed by atoms with Crippen LogP contribution in [0.25, 0.3) is 0 Å². The molecule has 0 radical (unpaired) electrons. The molecule has 0 saturated carbocycles. The van der Waals surface area contributed by atoms with E-state index in [0.717, 1.165) is 6.42 Å². The molecule has 1 atom stereocenters. The number of carbonyl (C=O) groups excluding carboxylic acids is 1. The van der Waals surface area contributed by atoms with Gasteiger partial charge in [-0.25, -0.2) is 0 Å². The van der Waals surface area contributed by atoms with Crippen molar-refractivity contribution in [2.24, 2.45) is 0 Å². The maximum absolute atomic E-state index is 13.2. The van der Waals surface area contributed by atoms with E-state index in [2.05, 4.69) is 0 Å². The fourth-order valence-electron chi connectivity index (χ4n) is 2.54. The predicted molar refractivity (Wildman–Crippen MR) is 95.7 cm³/mol. The highest BCUT2D eigenvalue weighted by Gasteiger charge is 2.42. The van der Waals surface area contributed by atoms with Gasteiger partial charge in [-0.3, -0.25) is 4.79 Å². The van der Waals surface area contributed by atoms with Crippen molar-refractivity contribution < 1.29 is 35.9 Å². The monoisotopic (exact) mass is 422 g/mol. The van der Waals surface area contributed by atoms with Crippen LogP contribution in [0, 0.1) is 6.92 Å². The van der Waals surface area contributed by atoms with Gasteiger partial charge in [0, 0.05) is 5.56 Å². The van der Waals surface area contributed by atoms with Crippen LogP contribution in [0.4, 0.5) is 26.3 Å². The molecule has 0 amide bonds. The first kappa shape index (κ1) is 22.2. The van der Waals surface area contributed by atoms with Crippen molar-refractivity contribution in [2.75, 3.05) is 6.61 Å². The molecule has 0 aromatic heterocycles. The van der Waals surface area contributed by atoms with Crippen molar-refractivity contribution >= 4 is 19.4 Å². The Kier molecular flexibility index (Phi) is 6.75. The van der Waals surface area contributed by atoms with Crippen molar-refractivity contribution in [3.63, 3.8) is 0 Å². The summed E-state index contributed by atoms with van der Waals surface area (Å²) in [6.07, 6.45) is -9.39. The normalized spacial score (nSPS) is 12.6. The molecule has 0 aliphatic rings. The first-order valence-electron chi connectivity index (χ1n) is 8.27. The average molecular weight is 422 g/mol. The molecular weight excluding hydrogens is 405 g/mol. The Hall–Kier alpha value is -2.08. The van der Waals surface area contributed by atoms with Crippen molar-refractivity contribution in [2.45, 2.75) is 32.6 Å². The largest absolute Gasteiger partial charge is 0.494 e. The maximum atomic E-state index is 13.2. The molecule has 1 unspecified atom stereocenters. The number of halogens is 6. The predicted octanol–water partition coefficient (Wildman–Crippen LogP) is 5.97. The molecule has 0 aliphatic carbocycles. The SMILES string of the molecule is CCCOc1ccc(PC(=O)c2c(C(F)(F)F)cccc2C(F)(F)F)c(C)c1. The maximum Gasteiger partial charge on any atom is 0.417 e. The summed E-state index contributed by atoms with van der Waals surface area (Å²) < 4.78 is 84.8. The van der Waals surface area contributed by atoms with E-state index in [1.54, 1.807) is 19.1 Å². The summed E-state index contributed by atoms with van der Waals surface area (Å²) >= 11 is 0. The summed E-state index contributed by atoms with van der Waals surface area (Å²) in [6.45, 7) is 4.00. The summed E-state index contributed by atoms with van der Waals surface area (Å²) in [5.74, 6) is 0.520. The summed E-state index contributed by atoms with van der Waals surface area (Å²) in [5.41, 5.74) is -5.17. The molecule has 0 saturated heterocycles. The fraction of sp³-hybridized carbons (Fsp3) is 0.316. The van der Waals surface area contributed by atoms with Crippen LogP contribution in [0.3, 0.4) is 0 Å². The second-order valence-electron chi connectivity index (χ2n) is 6.00. The Morgan fingerprint density at radius 1 is 1.00 bits per heavy atom. The molecule has 2 aromatic carbocycles. The van der Waals surface area contributed by atoms with E-state index < -0.39 is 43.1 Å². The molecule has 0 N–H and O–H groups in total. The van der Waals surface area contributed by atoms with E-state index in [4.69, 9.17) is 4.74 Å². The van der Waals surface area contributed by atoms with Crippen molar-refractivity contribution in [3.05, 3.63) is 58.7 Å². The van der Waals surface area contributed by atoms with Crippen LogP contribution in [0.5, 0.6) is 5.75 Å². The van der Waals surface area contributed by atoms with Gasteiger partial charge < -0.3 is 4.74 Å². The van der Waals surface area contributed by atoms with Gasteiger partial charge in [-0.05, 0) is 57.1 Å². The lowest BCUT2D eigenvalue weighted by Crippen LogP contribution is -2.19. The molecule has 0 bridgehead atoms. The number of ether oxygens (including phenoxy) is 1. The van der Waals surface area contributed by atoms with E-state index >= 15 is 0 Å². The van der Waals surface area contributed by atoms with E-state index in [-0.39, 0.29) is 0 Å². The van der Waals surface area contributed by atoms with Crippen LogP contribution in [-0.4, -0.2) is 12.1 Å². The first-order chi connectivity index (χ1) is 12.9. The molecule has 2 rings (SSSR count). The second kappa shape index (κ2) is 8.52. The van der Waals surface area contributed by atoms with Gasteiger partial charge >= 0.3 is 12.4 Å². The Labute approximate surface area is 159 Å². The zero-order valence-corrected chi connectivity index (χ0v) is 16.0. The Morgan fingerprint density at radius 2 is 1.57 bits per heavy atom. The lowest BCUT2D eigenvalue weighted by atomic mass is 10.0. The summed E-state index contributed by atoms with van der Waals surface area (Å²) in [6, 6.07) is 6.25. The van der Waals surface area contributed by atoms with Gasteiger partial charge in [-0.15, -0.1) is 0 Å². The molecule has 0 heterocycles. The topological polar surface area (TPSA) is 26.3 Å². The lowest BCUT2D eigenvalue weighted by molar-refractivity contribution is -0.143. The number of alkyl halides is 6. The van der Waals surface area contributed by atoms with Crippen LogP contribution in [0.15, 0.2) is 36.4 Å². The molecule has 2 aromatic rings. The molecule has 0 fully saturated rings. The van der Waals surface area contributed by atoms with Crippen molar-refractivity contribution in [1.29, 1.82) is 0 Å². The zero-order chi connectivity index (χ0) is 21.1. The molecule has 0 aliphatic heterocycles. The van der Waals surface area contributed by atoms with Crippen LogP contribution in [0.2, 0.25) is 0 Å². The van der Waals surface area contributed by atoms with Crippen molar-refractivity contribution in [1.82, 2.24) is 0 Å². The van der Waals surface area contributed by atoms with Crippen LogP contribution in [-0.2, 0) is 12.4 Å². The van der Waals surface area contributed by atoms with Gasteiger partial charge in [0.25, 0.3) is 0 Å². The standard InChI is InChI=1S/C19H17F6O2P/c1-3-9-27-12-7-8-15(11(2)10-12)28-17(26)16-13(18(20,21)22)5-4-6-14(16)19(23,24)25/h4-8,10,28H,3,9H2,1-2H3. The number of benzene rings is 2. The van der Waals surface area contributed by atoms with E-state index in [1.165, 1.54) is 6.07 Å². The Balaban J connectivity index is 2.44. The third-order valence-corrected chi connectivity index (χ3v) is 5.13. The first-order valence-corrected chi connectivity index (χ1v) is 9.27. The number of aryl methyl sites for hydroxylation is 1. The number of carbonyl (C=O) groups is 1. The minimum atomic E-state index is -5.08. The molecule has 152 valence electrons. The Bertz CT molecular complexity index is 826. The van der Waals surface area contributed by atoms with Gasteiger partial charge in [0.05, 0.1) is 17.7 Å². The zero-order valence-electron chi connectivity index (χ0n) is 15.0. The van der Waals surface area contributed by atoms with Crippen molar-refractivity contribution in [3.8, 4) is 5.75 Å². The van der Waals surface area contributed by atoms with Crippen LogP contribution >= 0.6 is 8.58 Å². The quantitative estimate of drug-likeness (QED) is 0.424. The molecule has 9 heteroatoms. The minimum Gasteiger partial charge on any atom is -0.494 e. The highest BCUT2D eigenvalue weighted by atomic mass is 31.1. The lowest BCUT2D eigenvalue weighted by Gasteiger charge is -2.18. The molecule has 2 nitrogen and oxygen atoms in total. The van der Waals surface area contributed by atoms with E-state index in [9.17, 15) is 31.1 Å². The number of hydrogen-bond acceptors (Lipinski definition) is 2. The fourth-order valence-corrected chi connectivity index (χ4v) is 3.62. The summed E-state index contributed by atoms with van der Waals surface area (Å²) in [7, 11) is -0.890. The molecule has 0 spiro atoms. The smallest absolute Gasteiger partial charge is 0.417 e. The van der Waals surface area contributed by atoms with E-state index in [1.807, 2.05) is 6.92 Å². The van der Waals surface area contributed by atoms with Gasteiger partial charge in [-0.1, -0.05) is 19.1 Å². The highest BCUT2D eigenvalue weighted by molar-refractivity contribution is 7.66. The Morgan fingerprint density at radius 3 is 2.04 bits per heavy atom. The van der Waals surface area contributed by atoms with E-state index in [0.29, 0.717) is 41.4 Å². The van der Waals surface area contributed by atoms with Gasteiger partial charge in [0.15, 0.2) is 5.52 Å². The summed E-state index contributed by atoms with van der Waals surface area (Å²) in [5, 5.41) is 0.360. The minimum absolute atomic E-state index is 0.360. The van der Waals surface area contributed by atoms with Crippen LogP contribution in [0.1, 0.15) is 40.4 Å². The third-order valence-electron chi connectivity index (χ3n) is 3.82.